The minimum atomic E-state index is 0.824. The summed E-state index contributed by atoms with van der Waals surface area (Å²) in [6.07, 6.45) is 9.60. The van der Waals surface area contributed by atoms with Crippen molar-refractivity contribution < 1.29 is 4.73 Å². The van der Waals surface area contributed by atoms with E-state index in [0.29, 0.717) is 0 Å². The van der Waals surface area contributed by atoms with Crippen molar-refractivity contribution in [3.05, 3.63) is 46.9 Å². The first kappa shape index (κ1) is 9.25. The lowest BCUT2D eigenvalue weighted by atomic mass is 9.96. The van der Waals surface area contributed by atoms with Gasteiger partial charge in [-0.05, 0) is 25.7 Å². The molecule has 0 fully saturated rings. The van der Waals surface area contributed by atoms with Crippen LogP contribution in [0.15, 0.2) is 36.0 Å². The molecule has 1 aliphatic rings. The van der Waals surface area contributed by atoms with Gasteiger partial charge in [0.05, 0.1) is 6.42 Å². The summed E-state index contributed by atoms with van der Waals surface area (Å²) in [7, 11) is 0. The molecule has 0 unspecified atom stereocenters. The molecular weight excluding hydrogens is 174 g/mol. The molecule has 0 radical (unpaired) electrons. The third-order valence-corrected chi connectivity index (χ3v) is 2.70. The maximum atomic E-state index is 11.4. The smallest absolute Gasteiger partial charge is 0.196 e. The van der Waals surface area contributed by atoms with Crippen LogP contribution in [-0.2, 0) is 6.42 Å². The normalized spacial score (nSPS) is 16.4. The van der Waals surface area contributed by atoms with Crippen LogP contribution in [0.25, 0.3) is 0 Å². The highest BCUT2D eigenvalue weighted by Crippen LogP contribution is 2.19. The van der Waals surface area contributed by atoms with Gasteiger partial charge in [0.15, 0.2) is 11.9 Å². The maximum absolute atomic E-state index is 11.4. The van der Waals surface area contributed by atoms with Crippen LogP contribution in [-0.4, -0.2) is 0 Å². The Morgan fingerprint density at radius 1 is 1.29 bits per heavy atom. The van der Waals surface area contributed by atoms with E-state index >= 15 is 0 Å². The third kappa shape index (κ3) is 2.13. The van der Waals surface area contributed by atoms with Crippen molar-refractivity contribution in [3.8, 4) is 0 Å². The minimum absolute atomic E-state index is 0.824. The van der Waals surface area contributed by atoms with Gasteiger partial charge in [0.1, 0.15) is 0 Å². The number of aromatic nitrogens is 1. The van der Waals surface area contributed by atoms with Crippen LogP contribution >= 0.6 is 0 Å². The van der Waals surface area contributed by atoms with Crippen LogP contribution in [0, 0.1) is 5.21 Å². The quantitative estimate of drug-likeness (QED) is 0.398. The molecule has 0 saturated carbocycles. The van der Waals surface area contributed by atoms with Crippen LogP contribution in [0.5, 0.6) is 0 Å². The number of pyridine rings is 1. The first-order chi connectivity index (χ1) is 6.86. The van der Waals surface area contributed by atoms with Gasteiger partial charge < -0.3 is 5.21 Å². The van der Waals surface area contributed by atoms with Crippen LogP contribution < -0.4 is 4.73 Å². The van der Waals surface area contributed by atoms with Gasteiger partial charge >= 0.3 is 0 Å². The van der Waals surface area contributed by atoms with Crippen molar-refractivity contribution in [2.24, 2.45) is 0 Å². The molecule has 2 heteroatoms. The van der Waals surface area contributed by atoms with E-state index < -0.39 is 0 Å². The first-order valence-electron chi connectivity index (χ1n) is 5.21. The number of hydrogen-bond donors (Lipinski definition) is 0. The zero-order chi connectivity index (χ0) is 9.80. The molecule has 0 N–H and O–H groups in total. The summed E-state index contributed by atoms with van der Waals surface area (Å²) in [5.41, 5.74) is 2.28. The van der Waals surface area contributed by atoms with Crippen molar-refractivity contribution in [2.45, 2.75) is 32.1 Å². The van der Waals surface area contributed by atoms with E-state index in [1.807, 2.05) is 12.1 Å². The van der Waals surface area contributed by atoms with Crippen LogP contribution in [0.3, 0.4) is 0 Å². The van der Waals surface area contributed by atoms with E-state index in [0.717, 1.165) is 23.3 Å². The van der Waals surface area contributed by atoms with Gasteiger partial charge in [0, 0.05) is 12.1 Å². The second-order valence-electron chi connectivity index (χ2n) is 3.80. The molecule has 1 aromatic heterocycles. The molecule has 1 aliphatic carbocycles. The Hall–Kier alpha value is -1.31. The largest absolute Gasteiger partial charge is 0.618 e. The molecule has 0 aromatic carbocycles. The number of nitrogens with zero attached hydrogens (tertiary/aromatic N) is 1. The fraction of sp³-hybridized carbons (Fsp3) is 0.417. The topological polar surface area (TPSA) is 26.9 Å². The molecule has 1 aromatic rings. The van der Waals surface area contributed by atoms with E-state index in [2.05, 4.69) is 6.08 Å². The van der Waals surface area contributed by atoms with E-state index in [1.54, 1.807) is 12.3 Å². The summed E-state index contributed by atoms with van der Waals surface area (Å²) in [6, 6.07) is 5.60. The number of rotatable bonds is 2. The summed E-state index contributed by atoms with van der Waals surface area (Å²) in [5, 5.41) is 11.4. The Balaban J connectivity index is 2.10. The van der Waals surface area contributed by atoms with Crippen molar-refractivity contribution in [1.82, 2.24) is 0 Å². The van der Waals surface area contributed by atoms with E-state index in [1.165, 1.54) is 24.8 Å². The van der Waals surface area contributed by atoms with E-state index in [4.69, 9.17) is 0 Å². The van der Waals surface area contributed by atoms with Crippen molar-refractivity contribution in [1.29, 1.82) is 0 Å². The molecule has 14 heavy (non-hydrogen) atoms. The van der Waals surface area contributed by atoms with E-state index in [-0.39, 0.29) is 0 Å². The summed E-state index contributed by atoms with van der Waals surface area (Å²) >= 11 is 0. The molecule has 74 valence electrons. The Morgan fingerprint density at radius 3 is 2.93 bits per heavy atom. The van der Waals surface area contributed by atoms with Crippen molar-refractivity contribution in [3.63, 3.8) is 0 Å². The monoisotopic (exact) mass is 189 g/mol. The number of hydrogen-bond acceptors (Lipinski definition) is 1. The lowest BCUT2D eigenvalue weighted by Gasteiger charge is -2.11. The molecular formula is C12H15NO. The highest BCUT2D eigenvalue weighted by Gasteiger charge is 2.09. The van der Waals surface area contributed by atoms with Gasteiger partial charge in [0.25, 0.3) is 0 Å². The van der Waals surface area contributed by atoms with Crippen LogP contribution in [0.2, 0.25) is 0 Å². The number of allylic oxidation sites excluding steroid dienone is 2. The molecule has 0 amide bonds. The Labute approximate surface area is 84.5 Å². The molecule has 0 atom stereocenters. The van der Waals surface area contributed by atoms with Gasteiger partial charge in [-0.2, -0.15) is 4.73 Å². The average Bonchev–Trinajstić information content (AvgIpc) is 2.23. The summed E-state index contributed by atoms with van der Waals surface area (Å²) < 4.78 is 0.968. The van der Waals surface area contributed by atoms with Crippen molar-refractivity contribution in [2.75, 3.05) is 0 Å². The zero-order valence-electron chi connectivity index (χ0n) is 8.28. The average molecular weight is 189 g/mol. The fourth-order valence-corrected chi connectivity index (χ4v) is 1.90. The Kier molecular flexibility index (Phi) is 2.82. The minimum Gasteiger partial charge on any atom is -0.618 e. The predicted octanol–water partition coefficient (Wildman–Crippen LogP) is 2.36. The Bertz CT molecular complexity index is 344. The second kappa shape index (κ2) is 4.27. The molecule has 1 heterocycles. The third-order valence-electron chi connectivity index (χ3n) is 2.70. The fourth-order valence-electron chi connectivity index (χ4n) is 1.90. The standard InChI is InChI=1S/C12H15NO/c14-13-9-5-4-8-12(13)10-11-6-2-1-3-7-11/h4-6,8-9H,1-3,7,10H2. The van der Waals surface area contributed by atoms with E-state index in [9.17, 15) is 5.21 Å². The lowest BCUT2D eigenvalue weighted by Crippen LogP contribution is -2.31. The summed E-state index contributed by atoms with van der Waals surface area (Å²) in [5.74, 6) is 0. The maximum Gasteiger partial charge on any atom is 0.196 e. The van der Waals surface area contributed by atoms with Crippen molar-refractivity contribution >= 4 is 0 Å². The highest BCUT2D eigenvalue weighted by molar-refractivity contribution is 5.13. The molecule has 2 nitrogen and oxygen atoms in total. The zero-order valence-corrected chi connectivity index (χ0v) is 8.28. The van der Waals surface area contributed by atoms with Crippen LogP contribution in [0.1, 0.15) is 31.4 Å². The van der Waals surface area contributed by atoms with Gasteiger partial charge in [0.2, 0.25) is 0 Å². The SMILES string of the molecule is [O-][n+]1ccccc1CC1=CCCCC1. The summed E-state index contributed by atoms with van der Waals surface area (Å²) in [4.78, 5) is 0. The first-order valence-corrected chi connectivity index (χ1v) is 5.21. The molecule has 0 aliphatic heterocycles. The van der Waals surface area contributed by atoms with Gasteiger partial charge in [-0.1, -0.05) is 17.7 Å². The predicted molar refractivity (Wildman–Crippen MR) is 55.7 cm³/mol. The summed E-state index contributed by atoms with van der Waals surface area (Å²) in [6.45, 7) is 0. The molecule has 0 bridgehead atoms. The molecule has 0 saturated heterocycles. The van der Waals surface area contributed by atoms with Gasteiger partial charge in [-0.3, -0.25) is 0 Å². The molecule has 2 rings (SSSR count). The lowest BCUT2D eigenvalue weighted by molar-refractivity contribution is -0.613. The molecule has 0 spiro atoms. The highest BCUT2D eigenvalue weighted by atomic mass is 16.5. The Morgan fingerprint density at radius 2 is 2.21 bits per heavy atom. The van der Waals surface area contributed by atoms with Gasteiger partial charge in [-0.25, -0.2) is 0 Å². The van der Waals surface area contributed by atoms with Gasteiger partial charge in [-0.15, -0.1) is 0 Å². The second-order valence-corrected chi connectivity index (χ2v) is 3.80. The van der Waals surface area contributed by atoms with Crippen LogP contribution in [0.4, 0.5) is 0 Å².